The van der Waals surface area contributed by atoms with E-state index in [2.05, 4.69) is 9.80 Å². The number of ketones is 1. The highest BCUT2D eigenvalue weighted by Crippen LogP contribution is 2.30. The second kappa shape index (κ2) is 11.3. The molecule has 2 aliphatic heterocycles. The summed E-state index contributed by atoms with van der Waals surface area (Å²) in [6, 6.07) is 22.0. The first-order valence-electron chi connectivity index (χ1n) is 13.1. The number of anilines is 2. The first kappa shape index (κ1) is 26.4. The third-order valence-electron chi connectivity index (χ3n) is 7.50. The fourth-order valence-corrected chi connectivity index (χ4v) is 5.40. The average molecular weight is 529 g/mol. The summed E-state index contributed by atoms with van der Waals surface area (Å²) in [4.78, 5) is 43.5. The van der Waals surface area contributed by atoms with Crippen LogP contribution in [0.15, 0.2) is 72.8 Å². The molecule has 0 aliphatic carbocycles. The molecule has 1 fully saturated rings. The van der Waals surface area contributed by atoms with Crippen molar-refractivity contribution in [3.8, 4) is 0 Å². The lowest BCUT2D eigenvalue weighted by molar-refractivity contribution is -0.137. The lowest BCUT2D eigenvalue weighted by Crippen LogP contribution is -2.52. The molecule has 0 spiro atoms. The van der Waals surface area contributed by atoms with E-state index in [4.69, 9.17) is 5.21 Å². The molecular weight excluding hydrogens is 496 g/mol. The van der Waals surface area contributed by atoms with E-state index < -0.39 is 18.1 Å². The van der Waals surface area contributed by atoms with Crippen LogP contribution in [0.3, 0.4) is 0 Å². The van der Waals surface area contributed by atoms with Gasteiger partial charge >= 0.3 is 0 Å². The van der Waals surface area contributed by atoms with Crippen LogP contribution in [-0.2, 0) is 17.8 Å². The summed E-state index contributed by atoms with van der Waals surface area (Å²) in [7, 11) is 0. The van der Waals surface area contributed by atoms with Crippen molar-refractivity contribution >= 4 is 29.0 Å². The highest BCUT2D eigenvalue weighted by Gasteiger charge is 2.39. The van der Waals surface area contributed by atoms with Gasteiger partial charge in [0, 0.05) is 61.6 Å². The number of aliphatic hydroxyl groups excluding tert-OH is 1. The number of rotatable bonds is 8. The van der Waals surface area contributed by atoms with Gasteiger partial charge in [0.25, 0.3) is 11.8 Å². The fourth-order valence-electron chi connectivity index (χ4n) is 5.40. The van der Waals surface area contributed by atoms with Crippen molar-refractivity contribution in [1.29, 1.82) is 0 Å². The van der Waals surface area contributed by atoms with Crippen LogP contribution in [-0.4, -0.2) is 71.1 Å². The van der Waals surface area contributed by atoms with Gasteiger partial charge in [-0.3, -0.25) is 19.6 Å². The molecule has 2 atom stereocenters. The van der Waals surface area contributed by atoms with Crippen LogP contribution >= 0.6 is 0 Å². The fraction of sp³-hybridized carbons (Fsp3) is 0.300. The normalized spacial score (nSPS) is 16.6. The van der Waals surface area contributed by atoms with E-state index in [0.29, 0.717) is 17.5 Å². The van der Waals surface area contributed by atoms with E-state index in [1.165, 1.54) is 11.8 Å². The van der Waals surface area contributed by atoms with E-state index in [-0.39, 0.29) is 18.2 Å². The van der Waals surface area contributed by atoms with E-state index in [0.717, 1.165) is 48.7 Å². The minimum atomic E-state index is -1.18. The van der Waals surface area contributed by atoms with E-state index in [1.807, 2.05) is 66.7 Å². The summed E-state index contributed by atoms with van der Waals surface area (Å²) < 4.78 is 0. The van der Waals surface area contributed by atoms with Gasteiger partial charge in [-0.25, -0.2) is 5.48 Å². The number of nitrogens with one attached hydrogen (secondary N) is 1. The number of nitrogens with zero attached hydrogens (tertiary/aromatic N) is 3. The van der Waals surface area contributed by atoms with Crippen LogP contribution in [0.5, 0.6) is 0 Å². The number of amides is 2. The van der Waals surface area contributed by atoms with Crippen molar-refractivity contribution in [2.24, 2.45) is 0 Å². The number of hydrogen-bond donors (Lipinski definition) is 3. The van der Waals surface area contributed by atoms with Crippen LogP contribution in [0.25, 0.3) is 0 Å². The maximum absolute atomic E-state index is 12.9. The Kier molecular flexibility index (Phi) is 7.63. The molecule has 2 amide bonds. The van der Waals surface area contributed by atoms with Gasteiger partial charge in [-0.15, -0.1) is 0 Å². The Labute approximate surface area is 227 Å². The summed E-state index contributed by atoms with van der Waals surface area (Å²) >= 11 is 0. The Morgan fingerprint density at radius 2 is 1.51 bits per heavy atom. The van der Waals surface area contributed by atoms with Crippen LogP contribution < -0.4 is 15.3 Å². The monoisotopic (exact) mass is 528 g/mol. The van der Waals surface area contributed by atoms with Crippen molar-refractivity contribution in [3.63, 3.8) is 0 Å². The molecule has 39 heavy (non-hydrogen) atoms. The van der Waals surface area contributed by atoms with Gasteiger partial charge in [0.15, 0.2) is 5.78 Å². The molecule has 202 valence electrons. The second-order valence-electron chi connectivity index (χ2n) is 10.0. The Morgan fingerprint density at radius 3 is 2.13 bits per heavy atom. The molecule has 9 heteroatoms. The van der Waals surface area contributed by atoms with Gasteiger partial charge in [0.1, 0.15) is 6.04 Å². The van der Waals surface area contributed by atoms with Gasteiger partial charge in [-0.1, -0.05) is 30.3 Å². The maximum atomic E-state index is 12.9. The third-order valence-corrected chi connectivity index (χ3v) is 7.50. The van der Waals surface area contributed by atoms with Crippen LogP contribution in [0, 0.1) is 0 Å². The molecule has 2 heterocycles. The van der Waals surface area contributed by atoms with Crippen LogP contribution in [0.2, 0.25) is 0 Å². The van der Waals surface area contributed by atoms with Crippen molar-refractivity contribution in [2.45, 2.75) is 32.0 Å². The van der Waals surface area contributed by atoms with Crippen molar-refractivity contribution < 1.29 is 24.7 Å². The van der Waals surface area contributed by atoms with Gasteiger partial charge < -0.3 is 19.8 Å². The second-order valence-corrected chi connectivity index (χ2v) is 10.0. The molecule has 3 aromatic rings. The summed E-state index contributed by atoms with van der Waals surface area (Å²) in [5.74, 6) is -1.07. The number of piperazine rings is 1. The molecule has 9 nitrogen and oxygen atoms in total. The number of carbonyl (C=O) groups is 3. The standard InChI is InChI=1S/C30H32N4O5/c1-20(35)28(29(37)31-39)34-19-23-18-25(11-12-26(23)30(34)38)33-15-13-32(14-16-33)24-9-7-22(8-10-24)27(36)17-21-5-3-2-4-6-21/h2-12,18,20,28,35,39H,13-17,19H2,1H3,(H,31,37)/t20-,28+/m1/s1. The van der Waals surface area contributed by atoms with E-state index in [9.17, 15) is 19.5 Å². The minimum absolute atomic E-state index is 0.1000. The maximum Gasteiger partial charge on any atom is 0.268 e. The topological polar surface area (TPSA) is 113 Å². The number of carbonyl (C=O) groups excluding carboxylic acids is 3. The predicted octanol–water partition coefficient (Wildman–Crippen LogP) is 2.65. The van der Waals surface area contributed by atoms with Gasteiger partial charge in [0.05, 0.1) is 6.10 Å². The molecule has 0 aromatic heterocycles. The number of fused-ring (bicyclic) bond motifs is 1. The first-order chi connectivity index (χ1) is 18.9. The SMILES string of the molecule is C[C@@H](O)[C@@H](C(=O)NO)N1Cc2cc(N3CCN(c4ccc(C(=O)Cc5ccccc5)cc4)CC3)ccc2C1=O. The Bertz CT molecular complexity index is 1350. The number of Topliss-reactive ketones (excluding diaryl/α,β-unsaturated/α-hetero) is 1. The van der Waals surface area contributed by atoms with Crippen LogP contribution in [0.1, 0.15) is 38.8 Å². The van der Waals surface area contributed by atoms with Gasteiger partial charge in [-0.05, 0) is 60.5 Å². The molecule has 3 aromatic carbocycles. The minimum Gasteiger partial charge on any atom is -0.391 e. The molecule has 0 radical (unpaired) electrons. The Balaban J connectivity index is 1.20. The molecule has 2 aliphatic rings. The molecular formula is C30H32N4O5. The zero-order valence-corrected chi connectivity index (χ0v) is 21.8. The molecule has 0 saturated carbocycles. The zero-order valence-electron chi connectivity index (χ0n) is 21.8. The third kappa shape index (κ3) is 5.50. The van der Waals surface area contributed by atoms with Crippen molar-refractivity contribution in [2.75, 3.05) is 36.0 Å². The molecule has 5 rings (SSSR count). The Morgan fingerprint density at radius 1 is 0.897 bits per heavy atom. The van der Waals surface area contributed by atoms with E-state index in [1.54, 1.807) is 11.5 Å². The average Bonchev–Trinajstić information content (AvgIpc) is 3.28. The van der Waals surface area contributed by atoms with Crippen molar-refractivity contribution in [1.82, 2.24) is 10.4 Å². The summed E-state index contributed by atoms with van der Waals surface area (Å²) in [6.07, 6.45) is -0.754. The summed E-state index contributed by atoms with van der Waals surface area (Å²) in [6.45, 7) is 4.78. The predicted molar refractivity (Wildman–Crippen MR) is 147 cm³/mol. The number of hydroxylamine groups is 1. The number of aliphatic hydroxyl groups is 1. The number of benzene rings is 3. The van der Waals surface area contributed by atoms with Gasteiger partial charge in [0.2, 0.25) is 0 Å². The van der Waals surface area contributed by atoms with E-state index >= 15 is 0 Å². The Hall–Kier alpha value is -4.21. The highest BCUT2D eigenvalue weighted by molar-refractivity contribution is 6.01. The molecule has 3 N–H and O–H groups in total. The smallest absolute Gasteiger partial charge is 0.268 e. The first-order valence-corrected chi connectivity index (χ1v) is 13.1. The zero-order chi connectivity index (χ0) is 27.5. The van der Waals surface area contributed by atoms with Crippen molar-refractivity contribution in [3.05, 3.63) is 95.1 Å². The molecule has 0 bridgehead atoms. The lowest BCUT2D eigenvalue weighted by atomic mass is 10.0. The van der Waals surface area contributed by atoms with Gasteiger partial charge in [-0.2, -0.15) is 0 Å². The summed E-state index contributed by atoms with van der Waals surface area (Å²) in [5, 5.41) is 19.1. The largest absolute Gasteiger partial charge is 0.391 e. The number of hydrogen-bond acceptors (Lipinski definition) is 7. The van der Waals surface area contributed by atoms with Crippen LogP contribution in [0.4, 0.5) is 11.4 Å². The lowest BCUT2D eigenvalue weighted by Gasteiger charge is -2.37. The molecule has 0 unspecified atom stereocenters. The highest BCUT2D eigenvalue weighted by atomic mass is 16.5. The quantitative estimate of drug-likeness (QED) is 0.234. The summed E-state index contributed by atoms with van der Waals surface area (Å²) in [5.41, 5.74) is 6.60. The molecule has 1 saturated heterocycles.